The van der Waals surface area contributed by atoms with Crippen LogP contribution in [0.15, 0.2) is 24.8 Å². The third-order valence-corrected chi connectivity index (χ3v) is 4.73. The van der Waals surface area contributed by atoms with Gasteiger partial charge in [-0.2, -0.15) is 5.10 Å². The van der Waals surface area contributed by atoms with Crippen molar-refractivity contribution in [2.45, 2.75) is 38.6 Å². The Morgan fingerprint density at radius 1 is 1.18 bits per heavy atom. The number of amides is 2. The van der Waals surface area contributed by atoms with Crippen LogP contribution in [0.4, 0.5) is 4.79 Å². The maximum Gasteiger partial charge on any atom is 0.317 e. The monoisotopic (exact) mass is 303 g/mol. The largest absolute Gasteiger partial charge is 0.338 e. The molecule has 0 saturated carbocycles. The van der Waals surface area contributed by atoms with Crippen LogP contribution in [0.5, 0.6) is 0 Å². The summed E-state index contributed by atoms with van der Waals surface area (Å²) >= 11 is 0. The van der Waals surface area contributed by atoms with Gasteiger partial charge in [-0.1, -0.05) is 12.2 Å². The predicted octanol–water partition coefficient (Wildman–Crippen LogP) is 2.06. The lowest BCUT2D eigenvalue weighted by molar-refractivity contribution is 0.162. The molecule has 0 spiro atoms. The summed E-state index contributed by atoms with van der Waals surface area (Å²) in [6, 6.07) is 0.105. The van der Waals surface area contributed by atoms with E-state index >= 15 is 0 Å². The second-order valence-electron chi connectivity index (χ2n) is 6.38. The molecule has 1 aromatic rings. The highest BCUT2D eigenvalue weighted by Gasteiger charge is 2.23. The summed E-state index contributed by atoms with van der Waals surface area (Å²) in [7, 11) is 0. The van der Waals surface area contributed by atoms with Crippen LogP contribution < -0.4 is 5.32 Å². The minimum Gasteiger partial charge on any atom is -0.338 e. The molecule has 1 fully saturated rings. The molecule has 2 aliphatic rings. The van der Waals surface area contributed by atoms with Gasteiger partial charge in [0.15, 0.2) is 0 Å². The molecule has 2 heterocycles. The molecule has 0 radical (unpaired) electrons. The van der Waals surface area contributed by atoms with Crippen LogP contribution in [0.25, 0.3) is 0 Å². The minimum absolute atomic E-state index is 0.105. The number of allylic oxidation sites excluding steroid dienone is 2. The summed E-state index contributed by atoms with van der Waals surface area (Å²) in [5.74, 6) is 1.20. The van der Waals surface area contributed by atoms with E-state index in [-0.39, 0.29) is 6.03 Å². The van der Waals surface area contributed by atoms with E-state index in [1.165, 1.54) is 6.42 Å². The summed E-state index contributed by atoms with van der Waals surface area (Å²) in [5.41, 5.74) is 0. The van der Waals surface area contributed by atoms with Crippen molar-refractivity contribution in [1.82, 2.24) is 25.0 Å². The van der Waals surface area contributed by atoms with Gasteiger partial charge >= 0.3 is 6.03 Å². The number of likely N-dealkylation sites (tertiary alicyclic amines) is 1. The summed E-state index contributed by atoms with van der Waals surface area (Å²) in [6.45, 7) is 3.40. The van der Waals surface area contributed by atoms with Crippen molar-refractivity contribution in [3.8, 4) is 0 Å². The Bertz CT molecular complexity index is 491. The van der Waals surface area contributed by atoms with Crippen LogP contribution in [0, 0.1) is 11.8 Å². The molecule has 0 bridgehead atoms. The number of carbonyl (C=O) groups excluding carboxylic acids is 1. The number of aromatic nitrogens is 3. The first-order valence-electron chi connectivity index (χ1n) is 8.31. The Balaban J connectivity index is 1.37. The number of hydrogen-bond acceptors (Lipinski definition) is 3. The molecule has 1 saturated heterocycles. The van der Waals surface area contributed by atoms with Crippen LogP contribution in [0.2, 0.25) is 0 Å². The van der Waals surface area contributed by atoms with E-state index in [0.717, 1.165) is 51.9 Å². The van der Waals surface area contributed by atoms with E-state index in [1.54, 1.807) is 12.7 Å². The zero-order valence-electron chi connectivity index (χ0n) is 13.0. The van der Waals surface area contributed by atoms with Crippen LogP contribution in [0.3, 0.4) is 0 Å². The number of nitrogens with one attached hydrogen (secondary N) is 1. The molecule has 1 unspecified atom stereocenters. The first kappa shape index (κ1) is 15.1. The van der Waals surface area contributed by atoms with E-state index in [0.29, 0.717) is 11.8 Å². The fourth-order valence-electron chi connectivity index (χ4n) is 3.30. The fraction of sp³-hybridized carbons (Fsp3) is 0.688. The van der Waals surface area contributed by atoms with Crippen molar-refractivity contribution in [2.75, 3.05) is 19.6 Å². The third-order valence-electron chi connectivity index (χ3n) is 4.73. The van der Waals surface area contributed by atoms with Gasteiger partial charge in [0.25, 0.3) is 0 Å². The normalized spacial score (nSPS) is 22.7. The van der Waals surface area contributed by atoms with Gasteiger partial charge in [-0.25, -0.2) is 9.78 Å². The van der Waals surface area contributed by atoms with E-state index < -0.39 is 0 Å². The molecule has 22 heavy (non-hydrogen) atoms. The predicted molar refractivity (Wildman–Crippen MR) is 84.2 cm³/mol. The Morgan fingerprint density at radius 2 is 2.05 bits per heavy atom. The van der Waals surface area contributed by atoms with E-state index in [1.807, 2.05) is 9.58 Å². The average molecular weight is 303 g/mol. The molecule has 1 atom stereocenters. The fourth-order valence-corrected chi connectivity index (χ4v) is 3.30. The van der Waals surface area contributed by atoms with Crippen molar-refractivity contribution in [3.63, 3.8) is 0 Å². The Labute approximate surface area is 131 Å². The zero-order chi connectivity index (χ0) is 15.2. The van der Waals surface area contributed by atoms with E-state index in [4.69, 9.17) is 0 Å². The third kappa shape index (κ3) is 4.08. The van der Waals surface area contributed by atoms with Gasteiger partial charge in [0, 0.05) is 26.2 Å². The minimum atomic E-state index is 0.105. The average Bonchev–Trinajstić information content (AvgIpc) is 3.07. The molecule has 1 N–H and O–H groups in total. The molecule has 2 amide bonds. The highest BCUT2D eigenvalue weighted by molar-refractivity contribution is 5.74. The zero-order valence-corrected chi connectivity index (χ0v) is 13.0. The van der Waals surface area contributed by atoms with Crippen molar-refractivity contribution in [1.29, 1.82) is 0 Å². The number of nitrogens with zero attached hydrogens (tertiary/aromatic N) is 4. The Kier molecular flexibility index (Phi) is 5.08. The lowest BCUT2D eigenvalue weighted by Crippen LogP contribution is -2.46. The standard InChI is InChI=1S/C16H25N5O/c22-16(18-10-14-4-2-1-3-5-14)20-8-6-15(7-9-20)11-21-13-17-12-19-21/h1-2,12-15H,3-11H2,(H,18,22). The van der Waals surface area contributed by atoms with Crippen molar-refractivity contribution in [3.05, 3.63) is 24.8 Å². The maximum absolute atomic E-state index is 12.2. The molecule has 6 nitrogen and oxygen atoms in total. The lowest BCUT2D eigenvalue weighted by Gasteiger charge is -2.32. The number of urea groups is 1. The number of piperidine rings is 1. The van der Waals surface area contributed by atoms with Crippen molar-refractivity contribution >= 4 is 6.03 Å². The summed E-state index contributed by atoms with van der Waals surface area (Å²) in [4.78, 5) is 18.2. The first-order valence-corrected chi connectivity index (χ1v) is 8.31. The molecular weight excluding hydrogens is 278 g/mol. The molecular formula is C16H25N5O. The molecule has 6 heteroatoms. The van der Waals surface area contributed by atoms with Gasteiger partial charge in [0.1, 0.15) is 12.7 Å². The van der Waals surface area contributed by atoms with Gasteiger partial charge in [0.2, 0.25) is 0 Å². The second-order valence-corrected chi connectivity index (χ2v) is 6.38. The van der Waals surface area contributed by atoms with Crippen LogP contribution in [-0.2, 0) is 6.54 Å². The first-order chi connectivity index (χ1) is 10.8. The van der Waals surface area contributed by atoms with Crippen LogP contribution >= 0.6 is 0 Å². The summed E-state index contributed by atoms with van der Waals surface area (Å²) in [5, 5.41) is 7.26. The highest BCUT2D eigenvalue weighted by Crippen LogP contribution is 2.20. The molecule has 3 rings (SSSR count). The van der Waals surface area contributed by atoms with Gasteiger partial charge < -0.3 is 10.2 Å². The summed E-state index contributed by atoms with van der Waals surface area (Å²) < 4.78 is 1.89. The molecule has 0 aromatic carbocycles. The SMILES string of the molecule is O=C(NCC1CC=CCC1)N1CCC(Cn2cncn2)CC1. The van der Waals surface area contributed by atoms with Gasteiger partial charge in [-0.05, 0) is 43.9 Å². The van der Waals surface area contributed by atoms with Gasteiger partial charge in [0.05, 0.1) is 0 Å². The molecule has 120 valence electrons. The quantitative estimate of drug-likeness (QED) is 0.866. The highest BCUT2D eigenvalue weighted by atomic mass is 16.2. The molecule has 1 aromatic heterocycles. The topological polar surface area (TPSA) is 63.1 Å². The Hall–Kier alpha value is -1.85. The number of rotatable bonds is 4. The maximum atomic E-state index is 12.2. The lowest BCUT2D eigenvalue weighted by atomic mass is 9.94. The van der Waals surface area contributed by atoms with Gasteiger partial charge in [-0.3, -0.25) is 4.68 Å². The summed E-state index contributed by atoms with van der Waals surface area (Å²) in [6.07, 6.45) is 13.3. The smallest absolute Gasteiger partial charge is 0.317 e. The van der Waals surface area contributed by atoms with Crippen molar-refractivity contribution < 1.29 is 4.79 Å². The van der Waals surface area contributed by atoms with E-state index in [9.17, 15) is 4.79 Å². The van der Waals surface area contributed by atoms with Crippen LogP contribution in [-0.4, -0.2) is 45.3 Å². The Morgan fingerprint density at radius 3 is 2.73 bits per heavy atom. The second kappa shape index (κ2) is 7.42. The van der Waals surface area contributed by atoms with Crippen LogP contribution in [0.1, 0.15) is 32.1 Å². The number of carbonyl (C=O) groups is 1. The number of hydrogen-bond donors (Lipinski definition) is 1. The molecule has 1 aliphatic heterocycles. The molecule has 1 aliphatic carbocycles. The van der Waals surface area contributed by atoms with E-state index in [2.05, 4.69) is 27.6 Å². The van der Waals surface area contributed by atoms with Gasteiger partial charge in [-0.15, -0.1) is 0 Å². The van der Waals surface area contributed by atoms with Crippen molar-refractivity contribution in [2.24, 2.45) is 11.8 Å².